The van der Waals surface area contributed by atoms with Crippen molar-refractivity contribution in [3.8, 4) is 0 Å². The molecule has 0 aliphatic rings. The molecule has 3 nitrogen and oxygen atoms in total. The molecule has 2 rings (SSSR count). The molecule has 5 heteroatoms. The van der Waals surface area contributed by atoms with Gasteiger partial charge >= 0.3 is 0 Å². The van der Waals surface area contributed by atoms with Crippen LogP contribution in [0.1, 0.15) is 16.1 Å². The second-order valence-corrected chi connectivity index (χ2v) is 5.91. The maximum atomic E-state index is 5.86. The molecular formula is C11H13N3S2. The van der Waals surface area contributed by atoms with Gasteiger partial charge in [-0.1, -0.05) is 35.2 Å². The highest BCUT2D eigenvalue weighted by molar-refractivity contribution is 8.00. The molecule has 1 heterocycles. The Balaban J connectivity index is 2.07. The number of nitrogen functional groups attached to an aromatic ring is 1. The van der Waals surface area contributed by atoms with Crippen LogP contribution in [0.5, 0.6) is 0 Å². The van der Waals surface area contributed by atoms with E-state index in [4.69, 9.17) is 5.73 Å². The lowest BCUT2D eigenvalue weighted by Gasteiger charge is -2.06. The average molecular weight is 251 g/mol. The summed E-state index contributed by atoms with van der Waals surface area (Å²) in [5.41, 5.74) is 9.14. The van der Waals surface area contributed by atoms with Crippen molar-refractivity contribution >= 4 is 28.8 Å². The normalized spacial score (nSPS) is 10.6. The van der Waals surface area contributed by atoms with Crippen molar-refractivity contribution in [3.05, 3.63) is 34.3 Å². The minimum atomic E-state index is 0.853. The predicted molar refractivity (Wildman–Crippen MR) is 69.8 cm³/mol. The summed E-state index contributed by atoms with van der Waals surface area (Å²) in [6.45, 7) is 4.02. The van der Waals surface area contributed by atoms with E-state index in [1.54, 1.807) is 23.1 Å². The van der Waals surface area contributed by atoms with Gasteiger partial charge in [-0.2, -0.15) is 0 Å². The minimum absolute atomic E-state index is 0.853. The van der Waals surface area contributed by atoms with Crippen LogP contribution in [-0.4, -0.2) is 10.2 Å². The van der Waals surface area contributed by atoms with E-state index in [2.05, 4.69) is 23.2 Å². The first-order valence-electron chi connectivity index (χ1n) is 4.93. The fourth-order valence-electron chi connectivity index (χ4n) is 1.34. The Morgan fingerprint density at radius 2 is 2.12 bits per heavy atom. The maximum Gasteiger partial charge on any atom is 0.174 e. The first kappa shape index (κ1) is 11.4. The molecule has 1 aromatic carbocycles. The highest BCUT2D eigenvalue weighted by atomic mass is 32.2. The van der Waals surface area contributed by atoms with Crippen LogP contribution in [0.4, 0.5) is 5.69 Å². The Kier molecular flexibility index (Phi) is 3.46. The molecule has 0 aliphatic carbocycles. The van der Waals surface area contributed by atoms with Crippen molar-refractivity contribution in [1.29, 1.82) is 0 Å². The zero-order valence-corrected chi connectivity index (χ0v) is 10.9. The van der Waals surface area contributed by atoms with Gasteiger partial charge in [0.15, 0.2) is 4.34 Å². The van der Waals surface area contributed by atoms with E-state index in [-0.39, 0.29) is 0 Å². The lowest BCUT2D eigenvalue weighted by Crippen LogP contribution is -1.93. The summed E-state index contributed by atoms with van der Waals surface area (Å²) in [5, 5.41) is 9.08. The highest BCUT2D eigenvalue weighted by Gasteiger charge is 2.05. The number of thioether (sulfide) groups is 1. The SMILES string of the molecule is Cc1nnc(SCc2cccc(N)c2C)s1. The van der Waals surface area contributed by atoms with E-state index >= 15 is 0 Å². The summed E-state index contributed by atoms with van der Waals surface area (Å²) in [4.78, 5) is 0. The van der Waals surface area contributed by atoms with Crippen molar-refractivity contribution < 1.29 is 0 Å². The molecule has 0 fully saturated rings. The van der Waals surface area contributed by atoms with Crippen molar-refractivity contribution in [2.24, 2.45) is 0 Å². The fourth-order valence-corrected chi connectivity index (χ4v) is 3.22. The number of rotatable bonds is 3. The fraction of sp³-hybridized carbons (Fsp3) is 0.273. The largest absolute Gasteiger partial charge is 0.399 e. The van der Waals surface area contributed by atoms with Crippen LogP contribution in [-0.2, 0) is 5.75 Å². The highest BCUT2D eigenvalue weighted by Crippen LogP contribution is 2.28. The Morgan fingerprint density at radius 1 is 1.31 bits per heavy atom. The van der Waals surface area contributed by atoms with Crippen molar-refractivity contribution in [2.75, 3.05) is 5.73 Å². The Bertz CT molecular complexity index is 494. The molecule has 0 unspecified atom stereocenters. The lowest BCUT2D eigenvalue weighted by molar-refractivity contribution is 0.983. The zero-order chi connectivity index (χ0) is 11.5. The van der Waals surface area contributed by atoms with Crippen LogP contribution < -0.4 is 5.73 Å². The van der Waals surface area contributed by atoms with Crippen molar-refractivity contribution in [2.45, 2.75) is 23.9 Å². The summed E-state index contributed by atoms with van der Waals surface area (Å²) in [7, 11) is 0. The smallest absolute Gasteiger partial charge is 0.174 e. The topological polar surface area (TPSA) is 51.8 Å². The van der Waals surface area contributed by atoms with Crippen LogP contribution in [0.3, 0.4) is 0 Å². The van der Waals surface area contributed by atoms with Gasteiger partial charge in [-0.15, -0.1) is 10.2 Å². The molecule has 2 N–H and O–H groups in total. The van der Waals surface area contributed by atoms with E-state index in [9.17, 15) is 0 Å². The van der Waals surface area contributed by atoms with E-state index in [0.29, 0.717) is 0 Å². The number of hydrogen-bond donors (Lipinski definition) is 1. The second kappa shape index (κ2) is 4.84. The quantitative estimate of drug-likeness (QED) is 0.673. The first-order chi connectivity index (χ1) is 7.66. The molecule has 0 radical (unpaired) electrons. The summed E-state index contributed by atoms with van der Waals surface area (Å²) >= 11 is 3.33. The van der Waals surface area contributed by atoms with Gasteiger partial charge in [0.25, 0.3) is 0 Å². The molecule has 1 aromatic heterocycles. The number of benzene rings is 1. The van der Waals surface area contributed by atoms with Crippen LogP contribution in [0, 0.1) is 13.8 Å². The third-order valence-corrected chi connectivity index (χ3v) is 4.37. The minimum Gasteiger partial charge on any atom is -0.399 e. The third kappa shape index (κ3) is 2.54. The van der Waals surface area contributed by atoms with Gasteiger partial charge in [-0.3, -0.25) is 0 Å². The van der Waals surface area contributed by atoms with Gasteiger partial charge in [0.05, 0.1) is 0 Å². The van der Waals surface area contributed by atoms with Gasteiger partial charge in [-0.05, 0) is 31.0 Å². The lowest BCUT2D eigenvalue weighted by atomic mass is 10.1. The summed E-state index contributed by atoms with van der Waals surface area (Å²) in [5.74, 6) is 0.894. The molecule has 0 atom stereocenters. The zero-order valence-electron chi connectivity index (χ0n) is 9.23. The van der Waals surface area contributed by atoms with Gasteiger partial charge in [0, 0.05) is 11.4 Å². The molecule has 0 bridgehead atoms. The number of anilines is 1. The van der Waals surface area contributed by atoms with E-state index < -0.39 is 0 Å². The molecule has 16 heavy (non-hydrogen) atoms. The van der Waals surface area contributed by atoms with Gasteiger partial charge in [0.1, 0.15) is 5.01 Å². The maximum absolute atomic E-state index is 5.86. The van der Waals surface area contributed by atoms with Crippen LogP contribution >= 0.6 is 23.1 Å². The van der Waals surface area contributed by atoms with Crippen LogP contribution in [0.25, 0.3) is 0 Å². The van der Waals surface area contributed by atoms with Crippen LogP contribution in [0.2, 0.25) is 0 Å². The number of aryl methyl sites for hydroxylation is 1. The number of hydrogen-bond acceptors (Lipinski definition) is 5. The van der Waals surface area contributed by atoms with E-state index in [0.717, 1.165) is 26.4 Å². The first-order valence-corrected chi connectivity index (χ1v) is 6.74. The Hall–Kier alpha value is -1.07. The predicted octanol–water partition coefficient (Wildman–Crippen LogP) is 3.03. The second-order valence-electron chi connectivity index (χ2n) is 3.51. The molecule has 0 aliphatic heterocycles. The van der Waals surface area contributed by atoms with E-state index in [1.165, 1.54) is 5.56 Å². The third-order valence-electron chi connectivity index (χ3n) is 2.35. The molecule has 0 amide bonds. The standard InChI is InChI=1S/C11H13N3S2/c1-7-9(4-3-5-10(7)12)6-15-11-14-13-8(2)16-11/h3-5H,6,12H2,1-2H3. The molecule has 0 saturated heterocycles. The molecule has 84 valence electrons. The Labute approximate surface area is 103 Å². The number of aromatic nitrogens is 2. The molecule has 0 spiro atoms. The van der Waals surface area contributed by atoms with Crippen LogP contribution in [0.15, 0.2) is 22.5 Å². The van der Waals surface area contributed by atoms with Crippen molar-refractivity contribution in [1.82, 2.24) is 10.2 Å². The summed E-state index contributed by atoms with van der Waals surface area (Å²) in [6.07, 6.45) is 0. The monoisotopic (exact) mass is 251 g/mol. The summed E-state index contributed by atoms with van der Waals surface area (Å²) < 4.78 is 1.01. The molecular weight excluding hydrogens is 238 g/mol. The van der Waals surface area contributed by atoms with E-state index in [1.807, 2.05) is 19.1 Å². The van der Waals surface area contributed by atoms with Gasteiger partial charge in [-0.25, -0.2) is 0 Å². The molecule has 2 aromatic rings. The van der Waals surface area contributed by atoms with Crippen molar-refractivity contribution in [3.63, 3.8) is 0 Å². The number of nitrogens with zero attached hydrogens (tertiary/aromatic N) is 2. The molecule has 0 saturated carbocycles. The summed E-state index contributed by atoms with van der Waals surface area (Å²) in [6, 6.07) is 6.02. The Morgan fingerprint density at radius 3 is 2.81 bits per heavy atom. The average Bonchev–Trinajstić information content (AvgIpc) is 2.67. The van der Waals surface area contributed by atoms with Gasteiger partial charge < -0.3 is 5.73 Å². The number of nitrogens with two attached hydrogens (primary N) is 1. The van der Waals surface area contributed by atoms with Gasteiger partial charge in [0.2, 0.25) is 0 Å².